The predicted molar refractivity (Wildman–Crippen MR) is 158 cm³/mol. The molecule has 3 nitrogen and oxygen atoms in total. The summed E-state index contributed by atoms with van der Waals surface area (Å²) in [4.78, 5) is 22.8. The minimum Gasteiger partial charge on any atom is -0.458 e. The first-order valence-corrected chi connectivity index (χ1v) is 16.7. The molecule has 0 aliphatic rings. The summed E-state index contributed by atoms with van der Waals surface area (Å²) in [7, 11) is 3.30. The molecule has 0 saturated heterocycles. The van der Waals surface area contributed by atoms with Crippen LogP contribution in [0, 0.1) is 0 Å². The van der Waals surface area contributed by atoms with Gasteiger partial charge in [-0.15, -0.1) is 0 Å². The molecule has 0 radical (unpaired) electrons. The van der Waals surface area contributed by atoms with E-state index in [1.807, 2.05) is 0 Å². The number of hydrogen-bond acceptors (Lipinski definition) is 5. The second-order valence-electron chi connectivity index (χ2n) is 9.89. The molecular formula is C30H54O3S2. The molecule has 0 aliphatic heterocycles. The van der Waals surface area contributed by atoms with E-state index in [2.05, 4.69) is 39.8 Å². The molecule has 0 heterocycles. The zero-order valence-electron chi connectivity index (χ0n) is 23.3. The molecule has 0 N–H and O–H groups in total. The van der Waals surface area contributed by atoms with Gasteiger partial charge >= 0.3 is 5.97 Å². The molecule has 0 aliphatic carbocycles. The van der Waals surface area contributed by atoms with Gasteiger partial charge in [0, 0.05) is 17.9 Å². The maximum absolute atomic E-state index is 12.4. The minimum absolute atomic E-state index is 0.106. The van der Waals surface area contributed by atoms with Gasteiger partial charge in [-0.2, -0.15) is 0 Å². The first kappa shape index (κ1) is 34.3. The molecule has 0 aromatic heterocycles. The number of rotatable bonds is 25. The standard InChI is InChI=1S/C30H54O3S2/c1-5-6-7-8-9-10-11-12-13-14-15-16-21-29(26-28(4)20-17-19-27(2)3)33-30(32)22-25-35-34-24-18-23-31/h19,23,26,29H,5-18,20-22,24-25H2,1-4H3/b28-26+. The van der Waals surface area contributed by atoms with Crippen LogP contribution >= 0.6 is 21.6 Å². The SMILES string of the molecule is CCCCCCCCCCCCCCC(/C=C(\C)CCC=C(C)C)OC(=O)CCSSCCC=O. The quantitative estimate of drug-likeness (QED) is 0.0389. The largest absolute Gasteiger partial charge is 0.458 e. The maximum Gasteiger partial charge on any atom is 0.307 e. The van der Waals surface area contributed by atoms with Gasteiger partial charge in [0.2, 0.25) is 0 Å². The molecule has 0 aromatic carbocycles. The van der Waals surface area contributed by atoms with Crippen LogP contribution in [0.4, 0.5) is 0 Å². The van der Waals surface area contributed by atoms with E-state index in [0.717, 1.165) is 43.5 Å². The second-order valence-corrected chi connectivity index (χ2v) is 12.6. The Hall–Kier alpha value is -0.680. The second kappa shape index (κ2) is 26.4. The number of ether oxygens (including phenoxy) is 1. The molecule has 35 heavy (non-hydrogen) atoms. The third-order valence-corrected chi connectivity index (χ3v) is 8.42. The summed E-state index contributed by atoms with van der Waals surface area (Å²) >= 11 is 0. The molecular weight excluding hydrogens is 472 g/mol. The summed E-state index contributed by atoms with van der Waals surface area (Å²) in [6.07, 6.45) is 25.3. The van der Waals surface area contributed by atoms with Crippen molar-refractivity contribution in [1.29, 1.82) is 0 Å². The topological polar surface area (TPSA) is 43.4 Å². The van der Waals surface area contributed by atoms with Gasteiger partial charge in [-0.05, 0) is 52.5 Å². The van der Waals surface area contributed by atoms with Crippen LogP contribution in [0.25, 0.3) is 0 Å². The van der Waals surface area contributed by atoms with Gasteiger partial charge in [-0.3, -0.25) is 4.79 Å². The van der Waals surface area contributed by atoms with E-state index in [1.165, 1.54) is 81.8 Å². The van der Waals surface area contributed by atoms with Crippen LogP contribution in [0.1, 0.15) is 137 Å². The molecule has 0 amide bonds. The maximum atomic E-state index is 12.4. The van der Waals surface area contributed by atoms with E-state index < -0.39 is 0 Å². The van der Waals surface area contributed by atoms with Crippen LogP contribution in [0.2, 0.25) is 0 Å². The fourth-order valence-electron chi connectivity index (χ4n) is 3.92. The molecule has 0 aromatic rings. The van der Waals surface area contributed by atoms with Crippen molar-refractivity contribution in [2.45, 2.75) is 143 Å². The number of aldehydes is 1. The number of unbranched alkanes of at least 4 members (excludes halogenated alkanes) is 11. The van der Waals surface area contributed by atoms with Crippen LogP contribution < -0.4 is 0 Å². The lowest BCUT2D eigenvalue weighted by atomic mass is 10.0. The molecule has 204 valence electrons. The number of carbonyl (C=O) groups excluding carboxylic acids is 2. The zero-order valence-corrected chi connectivity index (χ0v) is 24.9. The third-order valence-electron chi connectivity index (χ3n) is 5.98. The summed E-state index contributed by atoms with van der Waals surface area (Å²) in [5, 5.41) is 0. The Labute approximate surface area is 225 Å². The number of esters is 1. The molecule has 0 fully saturated rings. The highest BCUT2D eigenvalue weighted by atomic mass is 33.1. The van der Waals surface area contributed by atoms with Crippen molar-refractivity contribution in [3.05, 3.63) is 23.3 Å². The monoisotopic (exact) mass is 526 g/mol. The van der Waals surface area contributed by atoms with E-state index >= 15 is 0 Å². The van der Waals surface area contributed by atoms with Crippen LogP contribution in [0.3, 0.4) is 0 Å². The summed E-state index contributed by atoms with van der Waals surface area (Å²) in [5.41, 5.74) is 2.65. The van der Waals surface area contributed by atoms with Crippen molar-refractivity contribution in [2.24, 2.45) is 0 Å². The number of allylic oxidation sites excluding steroid dienone is 3. The lowest BCUT2D eigenvalue weighted by Crippen LogP contribution is -2.17. The first-order valence-electron chi connectivity index (χ1n) is 14.2. The van der Waals surface area contributed by atoms with Gasteiger partial charge in [-0.1, -0.05) is 116 Å². The Morgan fingerprint density at radius 2 is 1.34 bits per heavy atom. The van der Waals surface area contributed by atoms with Crippen LogP contribution in [-0.2, 0) is 14.3 Å². The van der Waals surface area contributed by atoms with E-state index in [4.69, 9.17) is 4.74 Å². The van der Waals surface area contributed by atoms with Crippen molar-refractivity contribution in [2.75, 3.05) is 11.5 Å². The van der Waals surface area contributed by atoms with Gasteiger partial charge in [0.25, 0.3) is 0 Å². The number of hydrogen-bond donors (Lipinski definition) is 0. The lowest BCUT2D eigenvalue weighted by Gasteiger charge is -2.16. The van der Waals surface area contributed by atoms with E-state index in [0.29, 0.717) is 12.8 Å². The number of carbonyl (C=O) groups is 2. The molecule has 0 rings (SSSR count). The molecule has 0 bridgehead atoms. The zero-order chi connectivity index (χ0) is 26.0. The van der Waals surface area contributed by atoms with Gasteiger partial charge in [-0.25, -0.2) is 0 Å². The predicted octanol–water partition coefficient (Wildman–Crippen LogP) is 10.0. The van der Waals surface area contributed by atoms with Crippen LogP contribution in [0.15, 0.2) is 23.3 Å². The van der Waals surface area contributed by atoms with Gasteiger partial charge in [0.1, 0.15) is 12.4 Å². The molecule has 5 heteroatoms. The summed E-state index contributed by atoms with van der Waals surface area (Å²) < 4.78 is 5.87. The van der Waals surface area contributed by atoms with Gasteiger partial charge in [0.05, 0.1) is 6.42 Å². The fourth-order valence-corrected chi connectivity index (χ4v) is 5.84. The third kappa shape index (κ3) is 26.2. The van der Waals surface area contributed by atoms with E-state index in [-0.39, 0.29) is 12.1 Å². The average Bonchev–Trinajstić information content (AvgIpc) is 2.81. The van der Waals surface area contributed by atoms with Crippen molar-refractivity contribution >= 4 is 33.8 Å². The van der Waals surface area contributed by atoms with Crippen molar-refractivity contribution in [1.82, 2.24) is 0 Å². The van der Waals surface area contributed by atoms with Gasteiger partial charge < -0.3 is 9.53 Å². The van der Waals surface area contributed by atoms with E-state index in [9.17, 15) is 9.59 Å². The molecule has 0 saturated carbocycles. The minimum atomic E-state index is -0.106. The Morgan fingerprint density at radius 3 is 1.91 bits per heavy atom. The first-order chi connectivity index (χ1) is 17.0. The Morgan fingerprint density at radius 1 is 0.771 bits per heavy atom. The highest BCUT2D eigenvalue weighted by molar-refractivity contribution is 8.76. The summed E-state index contributed by atoms with van der Waals surface area (Å²) in [6.45, 7) is 8.69. The van der Waals surface area contributed by atoms with Crippen LogP contribution in [-0.4, -0.2) is 29.9 Å². The normalized spacial score (nSPS) is 12.4. The van der Waals surface area contributed by atoms with Crippen molar-refractivity contribution in [3.8, 4) is 0 Å². The smallest absolute Gasteiger partial charge is 0.307 e. The molecule has 0 spiro atoms. The Kier molecular flexibility index (Phi) is 25.9. The van der Waals surface area contributed by atoms with Crippen molar-refractivity contribution in [3.63, 3.8) is 0 Å². The van der Waals surface area contributed by atoms with Gasteiger partial charge in [0.15, 0.2) is 0 Å². The Bertz CT molecular complexity index is 568. The fraction of sp³-hybridized carbons (Fsp3) is 0.800. The molecule has 1 atom stereocenters. The van der Waals surface area contributed by atoms with Crippen LogP contribution in [0.5, 0.6) is 0 Å². The lowest BCUT2D eigenvalue weighted by molar-refractivity contribution is -0.146. The molecule has 1 unspecified atom stereocenters. The summed E-state index contributed by atoms with van der Waals surface area (Å²) in [6, 6.07) is 0. The average molecular weight is 527 g/mol. The Balaban J connectivity index is 4.25. The van der Waals surface area contributed by atoms with Crippen molar-refractivity contribution < 1.29 is 14.3 Å². The van der Waals surface area contributed by atoms with E-state index in [1.54, 1.807) is 21.6 Å². The summed E-state index contributed by atoms with van der Waals surface area (Å²) in [5.74, 6) is 1.43. The highest BCUT2D eigenvalue weighted by Gasteiger charge is 2.13. The highest BCUT2D eigenvalue weighted by Crippen LogP contribution is 2.23.